The van der Waals surface area contributed by atoms with Gasteiger partial charge in [0.15, 0.2) is 5.76 Å². The maximum atomic E-state index is 12.1. The second-order valence-electron chi connectivity index (χ2n) is 6.15. The van der Waals surface area contributed by atoms with Gasteiger partial charge in [-0.05, 0) is 49.6 Å². The van der Waals surface area contributed by atoms with Gasteiger partial charge in [-0.1, -0.05) is 18.2 Å². The van der Waals surface area contributed by atoms with Gasteiger partial charge in [-0.2, -0.15) is 5.10 Å². The fourth-order valence-corrected chi connectivity index (χ4v) is 2.71. The molecule has 1 aromatic carbocycles. The number of benzene rings is 1. The zero-order valence-corrected chi connectivity index (χ0v) is 15.1. The molecule has 0 radical (unpaired) electrons. The predicted molar refractivity (Wildman–Crippen MR) is 98.1 cm³/mol. The summed E-state index contributed by atoms with van der Waals surface area (Å²) in [6, 6.07) is 11.3. The number of carbonyl (C=O) groups excluding carboxylic acids is 1. The Kier molecular flexibility index (Phi) is 5.73. The number of rotatable bonds is 8. The highest BCUT2D eigenvalue weighted by Crippen LogP contribution is 2.23. The van der Waals surface area contributed by atoms with Crippen LogP contribution in [0, 0.1) is 13.8 Å². The highest BCUT2D eigenvalue weighted by Gasteiger charge is 2.12. The van der Waals surface area contributed by atoms with E-state index in [0.29, 0.717) is 18.1 Å². The Morgan fingerprint density at radius 1 is 1.19 bits per heavy atom. The van der Waals surface area contributed by atoms with Gasteiger partial charge in [0.25, 0.3) is 5.91 Å². The first kappa shape index (κ1) is 17.8. The smallest absolute Gasteiger partial charge is 0.286 e. The number of nitrogens with zero attached hydrogens (tertiary/aromatic N) is 2. The van der Waals surface area contributed by atoms with Crippen molar-refractivity contribution in [2.45, 2.75) is 33.4 Å². The molecule has 0 saturated heterocycles. The summed E-state index contributed by atoms with van der Waals surface area (Å²) in [6.07, 6.45) is 4.44. The molecule has 1 amide bonds. The summed E-state index contributed by atoms with van der Waals surface area (Å²) in [4.78, 5) is 12.1. The van der Waals surface area contributed by atoms with E-state index in [1.807, 2.05) is 49.0 Å². The molecule has 26 heavy (non-hydrogen) atoms. The van der Waals surface area contributed by atoms with Gasteiger partial charge in [0, 0.05) is 25.5 Å². The van der Waals surface area contributed by atoms with Crippen molar-refractivity contribution in [2.24, 2.45) is 0 Å². The minimum Gasteiger partial charge on any atom is -0.485 e. The SMILES string of the molecule is Cc1cccc(C)c1OCc1ccc(C(=O)NCCCn2cccn2)o1. The quantitative estimate of drug-likeness (QED) is 0.629. The van der Waals surface area contributed by atoms with Crippen molar-refractivity contribution in [2.75, 3.05) is 6.54 Å². The van der Waals surface area contributed by atoms with Crippen LogP contribution in [0.15, 0.2) is 53.2 Å². The number of ether oxygens (including phenoxy) is 1. The Bertz CT molecular complexity index is 833. The van der Waals surface area contributed by atoms with Crippen LogP contribution >= 0.6 is 0 Å². The lowest BCUT2D eigenvalue weighted by Crippen LogP contribution is -2.24. The number of hydrogen-bond donors (Lipinski definition) is 1. The molecule has 0 fully saturated rings. The van der Waals surface area contributed by atoms with Crippen molar-refractivity contribution in [3.63, 3.8) is 0 Å². The first-order chi connectivity index (χ1) is 12.6. The van der Waals surface area contributed by atoms with Gasteiger partial charge in [0.1, 0.15) is 18.1 Å². The van der Waals surface area contributed by atoms with E-state index in [0.717, 1.165) is 29.8 Å². The fourth-order valence-electron chi connectivity index (χ4n) is 2.71. The van der Waals surface area contributed by atoms with Crippen molar-refractivity contribution in [1.29, 1.82) is 0 Å². The highest BCUT2D eigenvalue weighted by atomic mass is 16.5. The van der Waals surface area contributed by atoms with Crippen LogP contribution in [-0.2, 0) is 13.2 Å². The van der Waals surface area contributed by atoms with E-state index in [-0.39, 0.29) is 12.5 Å². The van der Waals surface area contributed by atoms with Crippen LogP contribution in [0.5, 0.6) is 5.75 Å². The van der Waals surface area contributed by atoms with E-state index in [2.05, 4.69) is 10.4 Å². The molecule has 0 bridgehead atoms. The number of carbonyl (C=O) groups is 1. The monoisotopic (exact) mass is 353 g/mol. The van der Waals surface area contributed by atoms with E-state index >= 15 is 0 Å². The van der Waals surface area contributed by atoms with Crippen LogP contribution < -0.4 is 10.1 Å². The summed E-state index contributed by atoms with van der Waals surface area (Å²) < 4.78 is 13.3. The average Bonchev–Trinajstić information content (AvgIpc) is 3.30. The number of hydrogen-bond acceptors (Lipinski definition) is 4. The molecular formula is C20H23N3O3. The third kappa shape index (κ3) is 4.53. The molecule has 1 N–H and O–H groups in total. The van der Waals surface area contributed by atoms with Gasteiger partial charge >= 0.3 is 0 Å². The van der Waals surface area contributed by atoms with Gasteiger partial charge in [-0.3, -0.25) is 9.48 Å². The molecule has 2 aromatic heterocycles. The zero-order valence-electron chi connectivity index (χ0n) is 15.1. The van der Waals surface area contributed by atoms with E-state index < -0.39 is 0 Å². The third-order valence-corrected chi connectivity index (χ3v) is 4.06. The number of nitrogens with one attached hydrogen (secondary N) is 1. The number of furan rings is 1. The van der Waals surface area contributed by atoms with Crippen LogP contribution in [0.2, 0.25) is 0 Å². The second-order valence-corrected chi connectivity index (χ2v) is 6.15. The van der Waals surface area contributed by atoms with E-state index in [1.54, 1.807) is 18.3 Å². The minimum atomic E-state index is -0.219. The van der Waals surface area contributed by atoms with Crippen molar-refractivity contribution >= 4 is 5.91 Å². The Morgan fingerprint density at radius 2 is 2.00 bits per heavy atom. The predicted octanol–water partition coefficient (Wildman–Crippen LogP) is 3.49. The molecule has 0 saturated carbocycles. The first-order valence-electron chi connectivity index (χ1n) is 8.67. The summed E-state index contributed by atoms with van der Waals surface area (Å²) in [5.74, 6) is 1.55. The van der Waals surface area contributed by atoms with Crippen LogP contribution in [-0.4, -0.2) is 22.2 Å². The Morgan fingerprint density at radius 3 is 2.73 bits per heavy atom. The first-order valence-corrected chi connectivity index (χ1v) is 8.67. The standard InChI is InChI=1S/C20H23N3O3/c1-15-6-3-7-16(2)19(15)25-14-17-8-9-18(26-17)20(24)21-10-4-12-23-13-5-11-22-23/h3,5-9,11,13H,4,10,12,14H2,1-2H3,(H,21,24). The second kappa shape index (κ2) is 8.38. The molecular weight excluding hydrogens is 330 g/mol. The van der Waals surface area contributed by atoms with Gasteiger partial charge < -0.3 is 14.5 Å². The average molecular weight is 353 g/mol. The molecule has 136 valence electrons. The van der Waals surface area contributed by atoms with Crippen molar-refractivity contribution in [3.8, 4) is 5.75 Å². The maximum absolute atomic E-state index is 12.1. The lowest BCUT2D eigenvalue weighted by Gasteiger charge is -2.10. The van der Waals surface area contributed by atoms with Crippen LogP contribution in [0.25, 0.3) is 0 Å². The van der Waals surface area contributed by atoms with Crippen molar-refractivity contribution < 1.29 is 13.9 Å². The summed E-state index contributed by atoms with van der Waals surface area (Å²) in [6.45, 7) is 5.63. The van der Waals surface area contributed by atoms with Gasteiger partial charge in [-0.25, -0.2) is 0 Å². The summed E-state index contributed by atoms with van der Waals surface area (Å²) in [5.41, 5.74) is 2.15. The van der Waals surface area contributed by atoms with Crippen LogP contribution in [0.4, 0.5) is 0 Å². The number of aromatic nitrogens is 2. The van der Waals surface area contributed by atoms with E-state index in [1.165, 1.54) is 0 Å². The third-order valence-electron chi connectivity index (χ3n) is 4.06. The van der Waals surface area contributed by atoms with Gasteiger partial charge in [-0.15, -0.1) is 0 Å². The highest BCUT2D eigenvalue weighted by molar-refractivity contribution is 5.91. The normalized spacial score (nSPS) is 10.7. The minimum absolute atomic E-state index is 0.219. The topological polar surface area (TPSA) is 69.3 Å². The van der Waals surface area contributed by atoms with Crippen molar-refractivity contribution in [1.82, 2.24) is 15.1 Å². The molecule has 0 aliphatic heterocycles. The molecule has 0 aliphatic carbocycles. The molecule has 0 atom stereocenters. The van der Waals surface area contributed by atoms with Gasteiger partial charge in [0.05, 0.1) is 0 Å². The van der Waals surface area contributed by atoms with Crippen LogP contribution in [0.1, 0.15) is 33.9 Å². The number of para-hydroxylation sites is 1. The maximum Gasteiger partial charge on any atom is 0.286 e. The largest absolute Gasteiger partial charge is 0.485 e. The summed E-state index contributed by atoms with van der Waals surface area (Å²) in [5, 5.41) is 6.98. The molecule has 6 nitrogen and oxygen atoms in total. The molecule has 2 heterocycles. The van der Waals surface area contributed by atoms with Gasteiger partial charge in [0.2, 0.25) is 0 Å². The molecule has 0 aliphatic rings. The summed E-state index contributed by atoms with van der Waals surface area (Å²) in [7, 11) is 0. The Labute approximate surface area is 152 Å². The summed E-state index contributed by atoms with van der Waals surface area (Å²) >= 11 is 0. The zero-order chi connectivity index (χ0) is 18.4. The van der Waals surface area contributed by atoms with E-state index in [9.17, 15) is 4.79 Å². The Hall–Kier alpha value is -3.02. The number of aryl methyl sites for hydroxylation is 3. The Balaban J connectivity index is 1.47. The molecule has 3 rings (SSSR count). The molecule has 3 aromatic rings. The molecule has 6 heteroatoms. The lowest BCUT2D eigenvalue weighted by atomic mass is 10.1. The van der Waals surface area contributed by atoms with Crippen molar-refractivity contribution in [3.05, 3.63) is 71.4 Å². The van der Waals surface area contributed by atoms with Crippen LogP contribution in [0.3, 0.4) is 0 Å². The number of amides is 1. The molecule has 0 spiro atoms. The molecule has 0 unspecified atom stereocenters. The lowest BCUT2D eigenvalue weighted by molar-refractivity contribution is 0.0920. The van der Waals surface area contributed by atoms with E-state index in [4.69, 9.17) is 9.15 Å². The fraction of sp³-hybridized carbons (Fsp3) is 0.300.